The fourth-order valence-electron chi connectivity index (χ4n) is 11.4. The molecule has 0 radical (unpaired) electrons. The molecule has 0 N–H and O–H groups in total. The monoisotopic (exact) mass is 852 g/mol. The van der Waals surface area contributed by atoms with Crippen LogP contribution in [0.3, 0.4) is 0 Å². The molecule has 286 valence electrons. The number of hydrogen-bond donors (Lipinski definition) is 0. The molecule has 8 rings (SSSR count). The molecule has 2 atom stereocenters. The van der Waals surface area contributed by atoms with Crippen molar-refractivity contribution in [3.05, 3.63) is 129 Å². The van der Waals surface area contributed by atoms with E-state index in [1.807, 2.05) is 0 Å². The van der Waals surface area contributed by atoms with E-state index >= 15 is 0 Å². The molecule has 0 aliphatic heterocycles. The van der Waals surface area contributed by atoms with Crippen molar-refractivity contribution in [2.75, 3.05) is 0 Å². The average molecular weight is 855 g/mol. The zero-order valence-corrected chi connectivity index (χ0v) is 39.3. The number of halogens is 2. The van der Waals surface area contributed by atoms with Crippen molar-refractivity contribution in [1.82, 2.24) is 0 Å². The summed E-state index contributed by atoms with van der Waals surface area (Å²) in [5, 5.41) is 0. The molecule has 0 aromatic heterocycles. The molecule has 4 aromatic rings. The molecule has 4 aliphatic rings. The minimum Gasteiger partial charge on any atom is -0.147 e. The Bertz CT molecular complexity index is 2080. The van der Waals surface area contributed by atoms with Crippen molar-refractivity contribution in [3.63, 3.8) is 0 Å². The van der Waals surface area contributed by atoms with Crippen LogP contribution in [0.5, 0.6) is 0 Å². The first kappa shape index (κ1) is 41.7. The Balaban J connectivity index is 0.00000249. The van der Waals surface area contributed by atoms with Crippen LogP contribution in [0.15, 0.2) is 96.1 Å². The Morgan fingerprint density at radius 1 is 0.630 bits per heavy atom. The van der Waals surface area contributed by atoms with E-state index in [0.29, 0.717) is 19.1 Å². The van der Waals surface area contributed by atoms with Gasteiger partial charge in [0, 0.05) is 0 Å². The number of rotatable bonds is 8. The average Bonchev–Trinajstić information content (AvgIpc) is 3.76. The Labute approximate surface area is 342 Å². The van der Waals surface area contributed by atoms with Crippen LogP contribution in [-0.2, 0) is 17.4 Å². The molecular formula is C50H64Cl2SiZr. The van der Waals surface area contributed by atoms with Gasteiger partial charge in [-0.2, -0.15) is 0 Å². The molecule has 0 heterocycles. The fraction of sp³-hybridized carbons (Fsp3) is 0.440. The van der Waals surface area contributed by atoms with Crippen LogP contribution >= 0.6 is 24.8 Å². The predicted octanol–water partition coefficient (Wildman–Crippen LogP) is 15.2. The van der Waals surface area contributed by atoms with Crippen LogP contribution in [-0.4, -0.2) is 6.88 Å². The van der Waals surface area contributed by atoms with E-state index in [9.17, 15) is 0 Å². The minimum atomic E-state index is -3.76. The Morgan fingerprint density at radius 2 is 1.17 bits per heavy atom. The molecule has 2 unspecified atom stereocenters. The molecule has 0 saturated heterocycles. The summed E-state index contributed by atoms with van der Waals surface area (Å²) in [6, 6.07) is 34.0. The largest absolute Gasteiger partial charge is 0.147 e. The molecule has 4 aromatic carbocycles. The van der Waals surface area contributed by atoms with Crippen molar-refractivity contribution in [1.29, 1.82) is 0 Å². The van der Waals surface area contributed by atoms with Gasteiger partial charge in [0.15, 0.2) is 0 Å². The summed E-state index contributed by atoms with van der Waals surface area (Å²) in [7, 11) is 0. The standard InChI is InChI=1S/C25H29.C23H25.2CH3.2ClH.H2Si.Zr/c1-17(2)19-11-13-21(14-12-19)24-6-4-5-22-15-23(16-25(22)24)20-9-7-18(3)8-10-20;1-2-17-15-21-9-6-10-22(23(21)16-17)20-13-11-19(12-14-20)18-7-4-3-5-8-18;;;;;;/h4-6,11-18,20H,7-10H2,1-3H3;6,9-16,18H,2-5,7-8H2,1H3;2*1H3;2*1H;1H2;. The predicted molar refractivity (Wildman–Crippen MR) is 241 cm³/mol. The first-order valence-corrected chi connectivity index (χ1v) is 34.7. The third-order valence-electron chi connectivity index (χ3n) is 14.2. The second kappa shape index (κ2) is 16.5. The van der Waals surface area contributed by atoms with Gasteiger partial charge in [-0.3, -0.25) is 0 Å². The first-order valence-electron chi connectivity index (χ1n) is 21.0. The van der Waals surface area contributed by atoms with Gasteiger partial charge in [-0.25, -0.2) is 0 Å². The van der Waals surface area contributed by atoms with Crippen LogP contribution < -0.4 is 0 Å². The van der Waals surface area contributed by atoms with Gasteiger partial charge in [0.05, 0.1) is 0 Å². The molecule has 0 bridgehead atoms. The van der Waals surface area contributed by atoms with E-state index in [2.05, 4.69) is 141 Å². The second-order valence-corrected chi connectivity index (χ2v) is 49.3. The number of allylic oxidation sites excluding steroid dienone is 2. The van der Waals surface area contributed by atoms with Gasteiger partial charge in [0.25, 0.3) is 0 Å². The summed E-state index contributed by atoms with van der Waals surface area (Å²) in [5.74, 6) is 2.85. The van der Waals surface area contributed by atoms with Crippen LogP contribution in [0.25, 0.3) is 34.4 Å². The minimum absolute atomic E-state index is 0. The van der Waals surface area contributed by atoms with E-state index in [-0.39, 0.29) is 24.8 Å². The van der Waals surface area contributed by atoms with Gasteiger partial charge in [-0.05, 0) is 0 Å². The quantitative estimate of drug-likeness (QED) is 0.155. The molecule has 0 amide bonds. The number of benzene rings is 4. The van der Waals surface area contributed by atoms with E-state index in [1.165, 1.54) is 96.7 Å². The summed E-state index contributed by atoms with van der Waals surface area (Å²) in [6.45, 7) is 12.0. The number of fused-ring (bicyclic) bond motifs is 2. The van der Waals surface area contributed by atoms with Gasteiger partial charge in [-0.1, -0.05) is 0 Å². The smallest absolute Gasteiger partial charge is 0.147 e. The maximum atomic E-state index is 2.86. The van der Waals surface area contributed by atoms with E-state index < -0.39 is 17.4 Å². The van der Waals surface area contributed by atoms with E-state index in [0.717, 1.165) is 18.3 Å². The molecule has 4 aliphatic carbocycles. The Hall–Kier alpha value is -1.96. The van der Waals surface area contributed by atoms with E-state index in [1.54, 1.807) is 27.8 Å². The molecule has 2 saturated carbocycles. The molecule has 2 fully saturated rings. The normalized spacial score (nSPS) is 22.8. The van der Waals surface area contributed by atoms with Crippen LogP contribution in [0.4, 0.5) is 0 Å². The second-order valence-electron chi connectivity index (χ2n) is 18.8. The maximum Gasteiger partial charge on any atom is -0.147 e. The summed E-state index contributed by atoms with van der Waals surface area (Å²) >= 11 is -3.76. The van der Waals surface area contributed by atoms with Crippen molar-refractivity contribution in [3.8, 4) is 22.3 Å². The first-order chi connectivity index (χ1) is 25.0. The van der Waals surface area contributed by atoms with Crippen LogP contribution in [0.2, 0.25) is 9.26 Å². The molecular weight excluding hydrogens is 791 g/mol. The molecule has 4 heteroatoms. The zero-order chi connectivity index (χ0) is 36.2. The third kappa shape index (κ3) is 7.58. The Kier molecular flexibility index (Phi) is 12.7. The van der Waals surface area contributed by atoms with Gasteiger partial charge in [-0.15, -0.1) is 24.8 Å². The van der Waals surface area contributed by atoms with E-state index in [4.69, 9.17) is 0 Å². The fourth-order valence-corrected chi connectivity index (χ4v) is 31.2. The molecule has 54 heavy (non-hydrogen) atoms. The van der Waals surface area contributed by atoms with Gasteiger partial charge < -0.3 is 0 Å². The van der Waals surface area contributed by atoms with Crippen LogP contribution in [0.1, 0.15) is 144 Å². The SMILES string of the molecule is CCC1=Cc2c(-c3ccc(C4CCCCC4)cc3)cccc2[CH]1[Zr]([CH3])([CH3])(=[SiH2])[CH]1C(C2CCC(C)CC2)=Cc2c(-c3ccc(C(C)C)cc3)cccc21.Cl.Cl. The van der Waals surface area contributed by atoms with Crippen molar-refractivity contribution in [2.24, 2.45) is 11.8 Å². The summed E-state index contributed by atoms with van der Waals surface area (Å²) in [5.41, 5.74) is 18.4. The van der Waals surface area contributed by atoms with Gasteiger partial charge >= 0.3 is 320 Å². The third-order valence-corrected chi connectivity index (χ3v) is 31.6. The zero-order valence-electron chi connectivity index (χ0n) is 33.8. The summed E-state index contributed by atoms with van der Waals surface area (Å²) < 4.78 is 6.83. The topological polar surface area (TPSA) is 0 Å². The molecule has 0 spiro atoms. The van der Waals surface area contributed by atoms with Gasteiger partial charge in [0.1, 0.15) is 0 Å². The molecule has 0 nitrogen and oxygen atoms in total. The summed E-state index contributed by atoms with van der Waals surface area (Å²) in [6.07, 6.45) is 18.9. The van der Waals surface area contributed by atoms with Crippen molar-refractivity contribution < 1.29 is 17.4 Å². The number of hydrogen-bond acceptors (Lipinski definition) is 0. The maximum absolute atomic E-state index is 3.76. The van der Waals surface area contributed by atoms with Crippen LogP contribution in [0, 0.1) is 11.8 Å². The van der Waals surface area contributed by atoms with Gasteiger partial charge in [0.2, 0.25) is 0 Å². The Morgan fingerprint density at radius 3 is 1.72 bits per heavy atom. The van der Waals surface area contributed by atoms with Crippen molar-refractivity contribution in [2.45, 2.75) is 120 Å². The van der Waals surface area contributed by atoms with Crippen molar-refractivity contribution >= 4 is 43.8 Å². The summed E-state index contributed by atoms with van der Waals surface area (Å²) in [4.78, 5) is 0.